The minimum absolute atomic E-state index is 0.0791. The van der Waals surface area contributed by atoms with Crippen LogP contribution in [0.4, 0.5) is 4.79 Å². The summed E-state index contributed by atoms with van der Waals surface area (Å²) in [5.74, 6) is 0. The van der Waals surface area contributed by atoms with E-state index in [4.69, 9.17) is 4.74 Å². The summed E-state index contributed by atoms with van der Waals surface area (Å²) in [6, 6.07) is -0.0791. The van der Waals surface area contributed by atoms with Gasteiger partial charge in [-0.3, -0.25) is 0 Å². The number of rotatable bonds is 0. The van der Waals surface area contributed by atoms with Crippen LogP contribution in [-0.4, -0.2) is 67.4 Å². The molecule has 1 N–H and O–H groups in total. The summed E-state index contributed by atoms with van der Waals surface area (Å²) in [7, 11) is 3.39. The molecule has 13 heavy (non-hydrogen) atoms. The summed E-state index contributed by atoms with van der Waals surface area (Å²) in [5, 5.41) is 9.35. The lowest BCUT2D eigenvalue weighted by molar-refractivity contribution is 0.0570. The number of aliphatic hydroxyl groups excluding tert-OH is 1. The van der Waals surface area contributed by atoms with Crippen molar-refractivity contribution >= 4 is 6.03 Å². The van der Waals surface area contributed by atoms with Gasteiger partial charge in [0.2, 0.25) is 0 Å². The van der Waals surface area contributed by atoms with Crippen molar-refractivity contribution in [1.82, 2.24) is 9.80 Å². The van der Waals surface area contributed by atoms with Gasteiger partial charge in [0, 0.05) is 20.6 Å². The third kappa shape index (κ3) is 2.86. The predicted molar refractivity (Wildman–Crippen MR) is 47.5 cm³/mol. The summed E-state index contributed by atoms with van der Waals surface area (Å²) >= 11 is 0. The molecule has 0 bridgehead atoms. The molecular weight excluding hydrogens is 172 g/mol. The average molecular weight is 188 g/mol. The highest BCUT2D eigenvalue weighted by atomic mass is 16.5. The van der Waals surface area contributed by atoms with E-state index in [2.05, 4.69) is 0 Å². The standard InChI is InChI=1S/C8H16N2O3/c1-9(2)8(12)10-3-4-13-6-7(11)5-10/h7,11H,3-6H2,1-2H3. The molecule has 0 aliphatic carbocycles. The van der Waals surface area contributed by atoms with Crippen LogP contribution in [0.5, 0.6) is 0 Å². The zero-order valence-corrected chi connectivity index (χ0v) is 8.06. The lowest BCUT2D eigenvalue weighted by Gasteiger charge is -2.24. The normalized spacial score (nSPS) is 23.9. The van der Waals surface area contributed by atoms with E-state index < -0.39 is 6.10 Å². The molecule has 0 saturated carbocycles. The lowest BCUT2D eigenvalue weighted by atomic mass is 10.3. The summed E-state index contributed by atoms with van der Waals surface area (Å²) in [4.78, 5) is 14.6. The van der Waals surface area contributed by atoms with Crippen molar-refractivity contribution in [3.8, 4) is 0 Å². The van der Waals surface area contributed by atoms with E-state index in [1.165, 1.54) is 4.90 Å². The van der Waals surface area contributed by atoms with Gasteiger partial charge in [-0.15, -0.1) is 0 Å². The summed E-state index contributed by atoms with van der Waals surface area (Å²) in [5.41, 5.74) is 0. The largest absolute Gasteiger partial charge is 0.389 e. The smallest absolute Gasteiger partial charge is 0.319 e. The van der Waals surface area contributed by atoms with Gasteiger partial charge in [-0.1, -0.05) is 0 Å². The zero-order valence-electron chi connectivity index (χ0n) is 8.06. The van der Waals surface area contributed by atoms with Crippen molar-refractivity contribution in [3.63, 3.8) is 0 Å². The van der Waals surface area contributed by atoms with Gasteiger partial charge < -0.3 is 19.6 Å². The topological polar surface area (TPSA) is 53.0 Å². The predicted octanol–water partition coefficient (Wildman–Crippen LogP) is -0.639. The summed E-state index contributed by atoms with van der Waals surface area (Å²) in [6.07, 6.45) is -0.564. The van der Waals surface area contributed by atoms with Gasteiger partial charge in [0.25, 0.3) is 0 Å². The molecule has 5 nitrogen and oxygen atoms in total. The molecule has 1 heterocycles. The fraction of sp³-hybridized carbons (Fsp3) is 0.875. The zero-order chi connectivity index (χ0) is 9.84. The van der Waals surface area contributed by atoms with E-state index >= 15 is 0 Å². The second-order valence-corrected chi connectivity index (χ2v) is 3.35. The maximum atomic E-state index is 11.5. The molecule has 1 aliphatic rings. The van der Waals surface area contributed by atoms with Crippen molar-refractivity contribution in [2.75, 3.05) is 40.4 Å². The van der Waals surface area contributed by atoms with Crippen molar-refractivity contribution in [2.45, 2.75) is 6.10 Å². The van der Waals surface area contributed by atoms with Crippen molar-refractivity contribution in [3.05, 3.63) is 0 Å². The first-order valence-electron chi connectivity index (χ1n) is 4.33. The second kappa shape index (κ2) is 4.43. The number of β-amino-alcohol motifs (C(OH)–C–C–N with tert-alkyl or cyclic N) is 1. The molecule has 0 aromatic carbocycles. The van der Waals surface area contributed by atoms with Gasteiger partial charge in [0.1, 0.15) is 0 Å². The molecule has 0 spiro atoms. The third-order valence-electron chi connectivity index (χ3n) is 1.90. The van der Waals surface area contributed by atoms with Crippen molar-refractivity contribution < 1.29 is 14.6 Å². The minimum Gasteiger partial charge on any atom is -0.389 e. The second-order valence-electron chi connectivity index (χ2n) is 3.35. The van der Waals surface area contributed by atoms with Crippen LogP contribution >= 0.6 is 0 Å². The van der Waals surface area contributed by atoms with Gasteiger partial charge in [-0.2, -0.15) is 0 Å². The Bertz CT molecular complexity index is 184. The monoisotopic (exact) mass is 188 g/mol. The molecule has 2 amide bonds. The van der Waals surface area contributed by atoms with Crippen LogP contribution < -0.4 is 0 Å². The van der Waals surface area contributed by atoms with Crippen LogP contribution in [0, 0.1) is 0 Å². The molecule has 5 heteroatoms. The first kappa shape index (κ1) is 10.3. The highest BCUT2D eigenvalue weighted by Gasteiger charge is 2.21. The van der Waals surface area contributed by atoms with E-state index in [9.17, 15) is 9.90 Å². The van der Waals surface area contributed by atoms with Crippen LogP contribution in [0.25, 0.3) is 0 Å². The highest BCUT2D eigenvalue weighted by Crippen LogP contribution is 2.02. The Morgan fingerprint density at radius 2 is 2.31 bits per heavy atom. The van der Waals surface area contributed by atoms with E-state index in [0.29, 0.717) is 26.3 Å². The Balaban J connectivity index is 2.52. The fourth-order valence-electron chi connectivity index (χ4n) is 1.25. The Morgan fingerprint density at radius 1 is 1.62 bits per heavy atom. The number of ether oxygens (including phenoxy) is 1. The molecule has 1 unspecified atom stereocenters. The number of carbonyl (C=O) groups is 1. The Hall–Kier alpha value is -0.810. The maximum absolute atomic E-state index is 11.5. The molecule has 0 aromatic heterocycles. The van der Waals surface area contributed by atoms with Crippen molar-refractivity contribution in [2.24, 2.45) is 0 Å². The number of nitrogens with zero attached hydrogens (tertiary/aromatic N) is 2. The third-order valence-corrected chi connectivity index (χ3v) is 1.90. The first-order chi connectivity index (χ1) is 6.11. The van der Waals surface area contributed by atoms with Gasteiger partial charge in [-0.25, -0.2) is 4.79 Å². The van der Waals surface area contributed by atoms with Crippen LogP contribution in [-0.2, 0) is 4.74 Å². The number of urea groups is 1. The van der Waals surface area contributed by atoms with Gasteiger partial charge in [-0.05, 0) is 0 Å². The number of aliphatic hydroxyl groups is 1. The number of amides is 2. The Kier molecular flexibility index (Phi) is 3.50. The molecule has 0 radical (unpaired) electrons. The summed E-state index contributed by atoms with van der Waals surface area (Å²) in [6.45, 7) is 1.72. The molecule has 76 valence electrons. The summed E-state index contributed by atoms with van der Waals surface area (Å²) < 4.78 is 5.10. The van der Waals surface area contributed by atoms with E-state index in [-0.39, 0.29) is 6.03 Å². The molecule has 1 fully saturated rings. The molecule has 1 atom stereocenters. The van der Waals surface area contributed by atoms with Crippen LogP contribution in [0.1, 0.15) is 0 Å². The van der Waals surface area contributed by atoms with E-state index in [0.717, 1.165) is 0 Å². The fourth-order valence-corrected chi connectivity index (χ4v) is 1.25. The van der Waals surface area contributed by atoms with Gasteiger partial charge in [0.15, 0.2) is 0 Å². The molecule has 1 saturated heterocycles. The minimum atomic E-state index is -0.564. The Morgan fingerprint density at radius 3 is 2.92 bits per heavy atom. The van der Waals surface area contributed by atoms with Crippen molar-refractivity contribution in [1.29, 1.82) is 0 Å². The van der Waals surface area contributed by atoms with Crippen LogP contribution in [0.2, 0.25) is 0 Å². The molecule has 0 aromatic rings. The molecular formula is C8H16N2O3. The van der Waals surface area contributed by atoms with E-state index in [1.807, 2.05) is 0 Å². The van der Waals surface area contributed by atoms with Crippen LogP contribution in [0.3, 0.4) is 0 Å². The number of hydrogen-bond donors (Lipinski definition) is 1. The quantitative estimate of drug-likeness (QED) is 0.550. The van der Waals surface area contributed by atoms with Gasteiger partial charge >= 0.3 is 6.03 Å². The SMILES string of the molecule is CN(C)C(=O)N1CCOCC(O)C1. The molecule has 1 aliphatic heterocycles. The molecule has 1 rings (SSSR count). The highest BCUT2D eigenvalue weighted by molar-refractivity contribution is 5.73. The number of carbonyl (C=O) groups excluding carboxylic acids is 1. The maximum Gasteiger partial charge on any atom is 0.319 e. The lowest BCUT2D eigenvalue weighted by Crippen LogP contribution is -2.43. The number of hydrogen-bond acceptors (Lipinski definition) is 3. The van der Waals surface area contributed by atoms with E-state index in [1.54, 1.807) is 19.0 Å². The van der Waals surface area contributed by atoms with Crippen LogP contribution in [0.15, 0.2) is 0 Å². The first-order valence-corrected chi connectivity index (χ1v) is 4.33. The average Bonchev–Trinajstić information content (AvgIpc) is 2.28. The Labute approximate surface area is 77.9 Å². The van der Waals surface area contributed by atoms with Gasteiger partial charge in [0.05, 0.1) is 25.9 Å².